The average molecular weight is 434 g/mol. The number of nitrogens with two attached hydrogens (primary N) is 1. The van der Waals surface area contributed by atoms with Gasteiger partial charge in [0.05, 0.1) is 11.3 Å². The van der Waals surface area contributed by atoms with Crippen LogP contribution in [0.3, 0.4) is 0 Å². The molecule has 0 bridgehead atoms. The molecule has 0 spiro atoms. The van der Waals surface area contributed by atoms with E-state index in [2.05, 4.69) is 15.4 Å². The minimum Gasteiger partial charge on any atom is -0.349 e. The largest absolute Gasteiger partial charge is 0.349 e. The van der Waals surface area contributed by atoms with Crippen LogP contribution < -0.4 is 11.1 Å². The third-order valence-electron chi connectivity index (χ3n) is 5.02. The number of nitrogens with one attached hydrogen (secondary N) is 1. The van der Waals surface area contributed by atoms with Crippen LogP contribution in [0.15, 0.2) is 61.1 Å². The van der Waals surface area contributed by atoms with Gasteiger partial charge in [-0.25, -0.2) is 4.68 Å². The zero-order valence-electron chi connectivity index (χ0n) is 15.9. The van der Waals surface area contributed by atoms with Gasteiger partial charge >= 0.3 is 0 Å². The van der Waals surface area contributed by atoms with E-state index in [9.17, 15) is 4.79 Å². The molecule has 3 aromatic rings. The third kappa shape index (κ3) is 5.35. The zero-order valence-corrected chi connectivity index (χ0v) is 17.5. The van der Waals surface area contributed by atoms with Crippen LogP contribution in [0, 0.1) is 0 Å². The lowest BCUT2D eigenvalue weighted by molar-refractivity contribution is 0.0926. The number of hydrogen-bond acceptors (Lipinski definition) is 4. The summed E-state index contributed by atoms with van der Waals surface area (Å²) in [7, 11) is 0. The standard InChI is InChI=1S/C21H23N5O.2ClH/c22-16-8-10-17(11-9-16)24-21(27)19-14-26(18-6-2-1-3-7-18)25-20(19)15-5-4-12-23-13-15;;/h1-7,12-14,16-17H,8-11,22H2,(H,24,27);2*1H. The van der Waals surface area contributed by atoms with E-state index in [1.54, 1.807) is 23.3 Å². The Bertz CT molecular complexity index is 909. The monoisotopic (exact) mass is 433 g/mol. The van der Waals surface area contributed by atoms with Gasteiger partial charge in [-0.3, -0.25) is 9.78 Å². The zero-order chi connectivity index (χ0) is 18.6. The molecule has 1 aromatic carbocycles. The number of halogens is 2. The second-order valence-corrected chi connectivity index (χ2v) is 7.00. The highest BCUT2D eigenvalue weighted by Gasteiger charge is 2.24. The number of pyridine rings is 1. The van der Waals surface area contributed by atoms with Gasteiger partial charge in [-0.2, -0.15) is 5.10 Å². The van der Waals surface area contributed by atoms with Crippen molar-refractivity contribution in [3.8, 4) is 16.9 Å². The summed E-state index contributed by atoms with van der Waals surface area (Å²) in [6.45, 7) is 0. The lowest BCUT2D eigenvalue weighted by atomic mass is 9.91. The fourth-order valence-corrected chi connectivity index (χ4v) is 3.50. The first kappa shape index (κ1) is 22.9. The van der Waals surface area contributed by atoms with Gasteiger partial charge in [0.1, 0.15) is 5.69 Å². The Morgan fingerprint density at radius 3 is 2.41 bits per heavy atom. The van der Waals surface area contributed by atoms with E-state index in [-0.39, 0.29) is 42.8 Å². The Labute approximate surface area is 182 Å². The number of para-hydroxylation sites is 1. The second-order valence-electron chi connectivity index (χ2n) is 7.00. The smallest absolute Gasteiger partial charge is 0.255 e. The van der Waals surface area contributed by atoms with Crippen molar-refractivity contribution in [2.75, 3.05) is 0 Å². The third-order valence-corrected chi connectivity index (χ3v) is 5.02. The minimum absolute atomic E-state index is 0. The number of aromatic nitrogens is 3. The predicted octanol–water partition coefficient (Wildman–Crippen LogP) is 3.78. The van der Waals surface area contributed by atoms with E-state index in [0.717, 1.165) is 36.9 Å². The van der Waals surface area contributed by atoms with Gasteiger partial charge in [0.25, 0.3) is 5.91 Å². The molecule has 0 unspecified atom stereocenters. The summed E-state index contributed by atoms with van der Waals surface area (Å²) in [4.78, 5) is 17.2. The molecule has 1 aliphatic rings. The fourth-order valence-electron chi connectivity index (χ4n) is 3.50. The molecular weight excluding hydrogens is 409 g/mol. The molecule has 1 saturated carbocycles. The van der Waals surface area contributed by atoms with Crippen LogP contribution in [0.5, 0.6) is 0 Å². The van der Waals surface area contributed by atoms with Crippen molar-refractivity contribution >= 4 is 30.7 Å². The van der Waals surface area contributed by atoms with Crippen LogP contribution in [0.4, 0.5) is 0 Å². The van der Waals surface area contributed by atoms with E-state index in [4.69, 9.17) is 5.73 Å². The molecule has 0 atom stereocenters. The summed E-state index contributed by atoms with van der Waals surface area (Å²) in [5.41, 5.74) is 8.90. The van der Waals surface area contributed by atoms with Crippen LogP contribution in [0.1, 0.15) is 36.0 Å². The molecule has 2 heterocycles. The summed E-state index contributed by atoms with van der Waals surface area (Å²) in [5, 5.41) is 7.84. The molecule has 8 heteroatoms. The van der Waals surface area contributed by atoms with Gasteiger partial charge in [0, 0.05) is 36.2 Å². The van der Waals surface area contributed by atoms with Crippen molar-refractivity contribution in [3.63, 3.8) is 0 Å². The molecule has 3 N–H and O–H groups in total. The van der Waals surface area contributed by atoms with Crippen molar-refractivity contribution in [2.45, 2.75) is 37.8 Å². The molecule has 0 saturated heterocycles. The van der Waals surface area contributed by atoms with Crippen LogP contribution >= 0.6 is 24.8 Å². The van der Waals surface area contributed by atoms with Crippen molar-refractivity contribution in [3.05, 3.63) is 66.6 Å². The molecular formula is C21H25Cl2N5O. The van der Waals surface area contributed by atoms with Crippen molar-refractivity contribution in [2.24, 2.45) is 5.73 Å². The van der Waals surface area contributed by atoms with Gasteiger partial charge in [-0.1, -0.05) is 18.2 Å². The number of carbonyl (C=O) groups is 1. The van der Waals surface area contributed by atoms with Crippen LogP contribution in [0.25, 0.3) is 16.9 Å². The summed E-state index contributed by atoms with van der Waals surface area (Å²) in [6.07, 6.45) is 8.97. The SMILES string of the molecule is Cl.Cl.NC1CCC(NC(=O)c2cn(-c3ccccc3)nc2-c2cccnc2)CC1. The van der Waals surface area contributed by atoms with Gasteiger partial charge in [-0.05, 0) is 49.9 Å². The van der Waals surface area contributed by atoms with E-state index >= 15 is 0 Å². The highest BCUT2D eigenvalue weighted by molar-refractivity contribution is 6.00. The van der Waals surface area contributed by atoms with E-state index < -0.39 is 0 Å². The first-order valence-electron chi connectivity index (χ1n) is 9.32. The average Bonchev–Trinajstić information content (AvgIpc) is 3.17. The molecule has 1 aliphatic carbocycles. The highest BCUT2D eigenvalue weighted by atomic mass is 35.5. The van der Waals surface area contributed by atoms with Crippen LogP contribution in [-0.4, -0.2) is 32.8 Å². The maximum atomic E-state index is 13.0. The lowest BCUT2D eigenvalue weighted by Crippen LogP contribution is -2.40. The molecule has 0 aliphatic heterocycles. The molecule has 4 rings (SSSR count). The number of rotatable bonds is 4. The van der Waals surface area contributed by atoms with Gasteiger partial charge in [0.2, 0.25) is 0 Å². The van der Waals surface area contributed by atoms with E-state index in [1.807, 2.05) is 42.5 Å². The lowest BCUT2D eigenvalue weighted by Gasteiger charge is -2.26. The molecule has 1 amide bonds. The number of nitrogens with zero attached hydrogens (tertiary/aromatic N) is 3. The van der Waals surface area contributed by atoms with Gasteiger partial charge in [-0.15, -0.1) is 24.8 Å². The number of benzene rings is 1. The van der Waals surface area contributed by atoms with Crippen LogP contribution in [0.2, 0.25) is 0 Å². The second kappa shape index (κ2) is 10.4. The molecule has 154 valence electrons. The summed E-state index contributed by atoms with van der Waals surface area (Å²) >= 11 is 0. The maximum Gasteiger partial charge on any atom is 0.255 e. The normalized spacial score (nSPS) is 18.2. The Morgan fingerprint density at radius 1 is 1.03 bits per heavy atom. The first-order valence-corrected chi connectivity index (χ1v) is 9.32. The van der Waals surface area contributed by atoms with Crippen molar-refractivity contribution in [1.29, 1.82) is 0 Å². The molecule has 0 radical (unpaired) electrons. The molecule has 6 nitrogen and oxygen atoms in total. The van der Waals surface area contributed by atoms with Gasteiger partial charge < -0.3 is 11.1 Å². The fraction of sp³-hybridized carbons (Fsp3) is 0.286. The summed E-state index contributed by atoms with van der Waals surface area (Å²) < 4.78 is 1.74. The van der Waals surface area contributed by atoms with Crippen molar-refractivity contribution < 1.29 is 4.79 Å². The number of hydrogen-bond donors (Lipinski definition) is 2. The van der Waals surface area contributed by atoms with E-state index in [0.29, 0.717) is 11.3 Å². The predicted molar refractivity (Wildman–Crippen MR) is 119 cm³/mol. The first-order chi connectivity index (χ1) is 13.2. The van der Waals surface area contributed by atoms with E-state index in [1.165, 1.54) is 0 Å². The molecule has 2 aromatic heterocycles. The topological polar surface area (TPSA) is 85.8 Å². The number of amides is 1. The highest BCUT2D eigenvalue weighted by Crippen LogP contribution is 2.24. The molecule has 1 fully saturated rings. The number of carbonyl (C=O) groups excluding carboxylic acids is 1. The molecule has 29 heavy (non-hydrogen) atoms. The Morgan fingerprint density at radius 2 is 1.76 bits per heavy atom. The summed E-state index contributed by atoms with van der Waals surface area (Å²) in [6, 6.07) is 14.0. The Hall–Kier alpha value is -2.41. The Kier molecular flexibility index (Phi) is 8.20. The minimum atomic E-state index is -0.100. The maximum absolute atomic E-state index is 13.0. The Balaban J connectivity index is 0.00000150. The summed E-state index contributed by atoms with van der Waals surface area (Å²) in [5.74, 6) is -0.100. The van der Waals surface area contributed by atoms with Gasteiger partial charge in [0.15, 0.2) is 0 Å². The quantitative estimate of drug-likeness (QED) is 0.655. The van der Waals surface area contributed by atoms with Crippen LogP contribution in [-0.2, 0) is 0 Å². The van der Waals surface area contributed by atoms with Crippen molar-refractivity contribution in [1.82, 2.24) is 20.1 Å².